The van der Waals surface area contributed by atoms with Crippen molar-refractivity contribution in [1.29, 1.82) is 5.26 Å². The minimum absolute atomic E-state index is 0.0558. The summed E-state index contributed by atoms with van der Waals surface area (Å²) in [6, 6.07) is 8.80. The maximum Gasteiger partial charge on any atom is 0.225 e. The fraction of sp³-hybridized carbons (Fsp3) is 0.154. The average molecular weight is 304 g/mol. The standard InChI is InChI=1S/C13H12N4OS2/c14-7-9-1-3-10(4-2-9)17-11(18)5-6-19-12-8-16-13(15)20-12/h1-4,8H,5-6H2,(H2,15,16)(H,17,18). The van der Waals surface area contributed by atoms with Crippen LogP contribution in [-0.2, 0) is 4.79 Å². The van der Waals surface area contributed by atoms with Gasteiger partial charge >= 0.3 is 0 Å². The predicted molar refractivity (Wildman–Crippen MR) is 81.7 cm³/mol. The van der Waals surface area contributed by atoms with Crippen LogP contribution in [0.3, 0.4) is 0 Å². The van der Waals surface area contributed by atoms with E-state index >= 15 is 0 Å². The topological polar surface area (TPSA) is 91.8 Å². The lowest BCUT2D eigenvalue weighted by Crippen LogP contribution is -2.11. The Morgan fingerprint density at radius 1 is 1.45 bits per heavy atom. The van der Waals surface area contributed by atoms with E-state index in [0.29, 0.717) is 28.6 Å². The number of benzene rings is 1. The number of hydrogen-bond acceptors (Lipinski definition) is 6. The Hall–Kier alpha value is -2.04. The number of nitrogens with one attached hydrogen (secondary N) is 1. The Morgan fingerprint density at radius 3 is 2.80 bits per heavy atom. The number of rotatable bonds is 5. The molecule has 102 valence electrons. The van der Waals surface area contributed by atoms with Gasteiger partial charge in [0.25, 0.3) is 0 Å². The smallest absolute Gasteiger partial charge is 0.225 e. The van der Waals surface area contributed by atoms with Gasteiger partial charge in [-0.1, -0.05) is 11.3 Å². The molecule has 2 rings (SSSR count). The molecule has 7 heteroatoms. The number of nitrogen functional groups attached to an aromatic ring is 1. The van der Waals surface area contributed by atoms with Crippen LogP contribution in [0.2, 0.25) is 0 Å². The number of hydrogen-bond donors (Lipinski definition) is 2. The van der Waals surface area contributed by atoms with Gasteiger partial charge in [-0.15, -0.1) is 11.8 Å². The zero-order chi connectivity index (χ0) is 14.4. The van der Waals surface area contributed by atoms with Crippen molar-refractivity contribution in [3.8, 4) is 6.07 Å². The molecule has 0 radical (unpaired) electrons. The van der Waals surface area contributed by atoms with Gasteiger partial charge in [0.1, 0.15) is 0 Å². The number of nitrogens with two attached hydrogens (primary N) is 1. The third kappa shape index (κ3) is 4.26. The number of thioether (sulfide) groups is 1. The highest BCUT2D eigenvalue weighted by Crippen LogP contribution is 2.26. The minimum Gasteiger partial charge on any atom is -0.375 e. The van der Waals surface area contributed by atoms with Gasteiger partial charge in [-0.2, -0.15) is 5.26 Å². The molecule has 0 bridgehead atoms. The first kappa shape index (κ1) is 14.4. The van der Waals surface area contributed by atoms with Gasteiger partial charge in [0.2, 0.25) is 5.91 Å². The maximum atomic E-state index is 11.7. The van der Waals surface area contributed by atoms with Crippen LogP contribution in [0.15, 0.2) is 34.7 Å². The van der Waals surface area contributed by atoms with Gasteiger partial charge in [-0.3, -0.25) is 4.79 Å². The molecule has 1 aromatic heterocycles. The number of aromatic nitrogens is 1. The second-order valence-corrected chi connectivity index (χ2v) is 6.31. The van der Waals surface area contributed by atoms with Crippen molar-refractivity contribution in [2.45, 2.75) is 10.6 Å². The second-order valence-electron chi connectivity index (χ2n) is 3.85. The molecule has 0 unspecified atom stereocenters. The van der Waals surface area contributed by atoms with Crippen molar-refractivity contribution < 1.29 is 4.79 Å². The summed E-state index contributed by atoms with van der Waals surface area (Å²) in [7, 11) is 0. The fourth-order valence-electron chi connectivity index (χ4n) is 1.43. The molecule has 1 aromatic carbocycles. The number of anilines is 2. The van der Waals surface area contributed by atoms with Crippen LogP contribution in [0.5, 0.6) is 0 Å². The molecule has 2 aromatic rings. The van der Waals surface area contributed by atoms with Crippen LogP contribution < -0.4 is 11.1 Å². The summed E-state index contributed by atoms with van der Waals surface area (Å²) in [6.45, 7) is 0. The fourth-order valence-corrected chi connectivity index (χ4v) is 3.21. The highest BCUT2D eigenvalue weighted by molar-refractivity contribution is 8.01. The predicted octanol–water partition coefficient (Wildman–Crippen LogP) is 2.72. The van der Waals surface area contributed by atoms with Crippen LogP contribution in [-0.4, -0.2) is 16.6 Å². The molecule has 0 spiro atoms. The third-order valence-corrected chi connectivity index (χ3v) is 4.40. The van der Waals surface area contributed by atoms with Crippen molar-refractivity contribution in [2.24, 2.45) is 0 Å². The zero-order valence-corrected chi connectivity index (χ0v) is 12.1. The van der Waals surface area contributed by atoms with Crippen molar-refractivity contribution in [3.05, 3.63) is 36.0 Å². The van der Waals surface area contributed by atoms with Gasteiger partial charge in [-0.05, 0) is 24.3 Å². The van der Waals surface area contributed by atoms with Crippen LogP contribution in [0.25, 0.3) is 0 Å². The monoisotopic (exact) mass is 304 g/mol. The Kier molecular flexibility index (Phi) is 4.98. The minimum atomic E-state index is -0.0558. The Balaban J connectivity index is 1.76. The highest BCUT2D eigenvalue weighted by atomic mass is 32.2. The van der Waals surface area contributed by atoms with E-state index < -0.39 is 0 Å². The molecule has 0 atom stereocenters. The summed E-state index contributed by atoms with van der Waals surface area (Å²) in [4.78, 5) is 15.7. The highest BCUT2D eigenvalue weighted by Gasteiger charge is 2.05. The summed E-state index contributed by atoms with van der Waals surface area (Å²) < 4.78 is 1.01. The summed E-state index contributed by atoms with van der Waals surface area (Å²) >= 11 is 2.97. The van der Waals surface area contributed by atoms with Gasteiger partial charge in [-0.25, -0.2) is 4.98 Å². The number of amides is 1. The summed E-state index contributed by atoms with van der Waals surface area (Å²) in [5.74, 6) is 0.615. The van der Waals surface area contributed by atoms with Crippen LogP contribution in [0, 0.1) is 11.3 Å². The third-order valence-electron chi connectivity index (χ3n) is 2.37. The molecule has 3 N–H and O–H groups in total. The van der Waals surface area contributed by atoms with Gasteiger partial charge < -0.3 is 11.1 Å². The van der Waals surface area contributed by atoms with Gasteiger partial charge in [0, 0.05) is 17.9 Å². The van der Waals surface area contributed by atoms with E-state index in [2.05, 4.69) is 10.3 Å². The average Bonchev–Trinajstić information content (AvgIpc) is 2.85. The van der Waals surface area contributed by atoms with Gasteiger partial charge in [0.15, 0.2) is 5.13 Å². The van der Waals surface area contributed by atoms with Crippen molar-refractivity contribution >= 4 is 39.8 Å². The quantitative estimate of drug-likeness (QED) is 0.829. The van der Waals surface area contributed by atoms with Crippen molar-refractivity contribution in [1.82, 2.24) is 4.98 Å². The van der Waals surface area contributed by atoms with E-state index in [1.807, 2.05) is 6.07 Å². The number of nitriles is 1. The lowest BCUT2D eigenvalue weighted by atomic mass is 10.2. The summed E-state index contributed by atoms with van der Waals surface area (Å²) in [5.41, 5.74) is 6.79. The SMILES string of the molecule is N#Cc1ccc(NC(=O)CCSc2cnc(N)s2)cc1. The molecule has 1 amide bonds. The van der Waals surface area contributed by atoms with E-state index in [1.165, 1.54) is 11.3 Å². The molecule has 0 saturated carbocycles. The first-order valence-corrected chi connectivity index (χ1v) is 7.61. The molecule has 0 aliphatic carbocycles. The van der Waals surface area contributed by atoms with E-state index in [0.717, 1.165) is 4.21 Å². The lowest BCUT2D eigenvalue weighted by Gasteiger charge is -2.04. The zero-order valence-electron chi connectivity index (χ0n) is 10.5. The number of carbonyl (C=O) groups excluding carboxylic acids is 1. The van der Waals surface area contributed by atoms with E-state index in [4.69, 9.17) is 11.0 Å². The lowest BCUT2D eigenvalue weighted by molar-refractivity contribution is -0.115. The Morgan fingerprint density at radius 2 is 2.20 bits per heavy atom. The second kappa shape index (κ2) is 6.93. The van der Waals surface area contributed by atoms with Crippen LogP contribution >= 0.6 is 23.1 Å². The number of carbonyl (C=O) groups is 1. The van der Waals surface area contributed by atoms with Crippen molar-refractivity contribution in [2.75, 3.05) is 16.8 Å². The molecular formula is C13H12N4OS2. The maximum absolute atomic E-state index is 11.7. The molecular weight excluding hydrogens is 292 g/mol. The molecule has 0 aliphatic rings. The molecule has 0 fully saturated rings. The normalized spacial score (nSPS) is 9.95. The van der Waals surface area contributed by atoms with Crippen molar-refractivity contribution in [3.63, 3.8) is 0 Å². The number of thiazole rings is 1. The van der Waals surface area contributed by atoms with E-state index in [1.54, 1.807) is 42.2 Å². The number of nitrogens with zero attached hydrogens (tertiary/aromatic N) is 2. The Labute approximate surface area is 124 Å². The van der Waals surface area contributed by atoms with E-state index in [9.17, 15) is 4.79 Å². The van der Waals surface area contributed by atoms with E-state index in [-0.39, 0.29) is 5.91 Å². The molecule has 5 nitrogen and oxygen atoms in total. The molecule has 0 saturated heterocycles. The molecule has 0 aliphatic heterocycles. The van der Waals surface area contributed by atoms with Crippen LogP contribution in [0.4, 0.5) is 10.8 Å². The van der Waals surface area contributed by atoms with Crippen LogP contribution in [0.1, 0.15) is 12.0 Å². The Bertz CT molecular complexity index is 631. The van der Waals surface area contributed by atoms with Gasteiger partial charge in [0.05, 0.1) is 22.0 Å². The first-order chi connectivity index (χ1) is 9.67. The summed E-state index contributed by atoms with van der Waals surface area (Å²) in [5, 5.41) is 12.0. The largest absolute Gasteiger partial charge is 0.375 e. The molecule has 1 heterocycles. The first-order valence-electron chi connectivity index (χ1n) is 5.81. The molecule has 20 heavy (non-hydrogen) atoms. The summed E-state index contributed by atoms with van der Waals surface area (Å²) in [6.07, 6.45) is 2.12.